The van der Waals surface area contributed by atoms with Crippen LogP contribution in [0.4, 0.5) is 29.2 Å². The van der Waals surface area contributed by atoms with Crippen molar-refractivity contribution < 1.29 is 17.6 Å². The van der Waals surface area contributed by atoms with E-state index in [1.165, 1.54) is 18.5 Å². The maximum Gasteiger partial charge on any atom is 0.390 e. The number of pyridine rings is 1. The van der Waals surface area contributed by atoms with Crippen molar-refractivity contribution in [2.75, 3.05) is 5.32 Å². The van der Waals surface area contributed by atoms with Crippen LogP contribution in [-0.2, 0) is 6.54 Å². The molecule has 3 rings (SSSR count). The third kappa shape index (κ3) is 3.93. The summed E-state index contributed by atoms with van der Waals surface area (Å²) >= 11 is 0. The number of halogens is 4. The van der Waals surface area contributed by atoms with Crippen molar-refractivity contribution in [2.24, 2.45) is 0 Å². The molecule has 0 spiro atoms. The van der Waals surface area contributed by atoms with Crippen LogP contribution in [0.2, 0.25) is 0 Å². The summed E-state index contributed by atoms with van der Waals surface area (Å²) in [6.07, 6.45) is -2.69. The molecule has 130 valence electrons. The van der Waals surface area contributed by atoms with Gasteiger partial charge in [0.05, 0.1) is 29.2 Å². The highest BCUT2D eigenvalue weighted by molar-refractivity contribution is 5.79. The van der Waals surface area contributed by atoms with Gasteiger partial charge in [-0.05, 0) is 30.3 Å². The molecule has 0 aliphatic carbocycles. The third-order valence-electron chi connectivity index (χ3n) is 3.45. The molecule has 0 bridgehead atoms. The summed E-state index contributed by atoms with van der Waals surface area (Å²) in [7, 11) is 0. The SMILES string of the molecule is O=c1c2cc(F)ccc2nc(Nc2cccnc2)n1CCC(F)(F)F. The van der Waals surface area contributed by atoms with Crippen LogP contribution < -0.4 is 10.9 Å². The van der Waals surface area contributed by atoms with E-state index in [1.54, 1.807) is 12.1 Å². The predicted molar refractivity (Wildman–Crippen MR) is 84.2 cm³/mol. The van der Waals surface area contributed by atoms with Gasteiger partial charge in [0.25, 0.3) is 5.56 Å². The summed E-state index contributed by atoms with van der Waals surface area (Å²) in [5.41, 5.74) is -0.113. The second-order valence-corrected chi connectivity index (χ2v) is 5.29. The number of anilines is 2. The first-order chi connectivity index (χ1) is 11.8. The highest BCUT2D eigenvalue weighted by Crippen LogP contribution is 2.22. The minimum absolute atomic E-state index is 0.0682. The summed E-state index contributed by atoms with van der Waals surface area (Å²) < 4.78 is 52.0. The number of benzene rings is 1. The molecule has 0 aliphatic heterocycles. The van der Waals surface area contributed by atoms with Gasteiger partial charge in [0.1, 0.15) is 5.82 Å². The average molecular weight is 352 g/mol. The summed E-state index contributed by atoms with van der Waals surface area (Å²) in [5, 5.41) is 2.70. The van der Waals surface area contributed by atoms with Crippen LogP contribution in [0.3, 0.4) is 0 Å². The maximum absolute atomic E-state index is 13.4. The summed E-state index contributed by atoms with van der Waals surface area (Å²) in [6, 6.07) is 6.64. The van der Waals surface area contributed by atoms with Crippen LogP contribution in [0.15, 0.2) is 47.5 Å². The Morgan fingerprint density at radius 2 is 2.00 bits per heavy atom. The molecular formula is C16H12F4N4O. The zero-order valence-corrected chi connectivity index (χ0v) is 12.7. The van der Waals surface area contributed by atoms with E-state index in [9.17, 15) is 22.4 Å². The molecule has 0 atom stereocenters. The molecule has 0 unspecified atom stereocenters. The number of rotatable bonds is 4. The molecule has 0 amide bonds. The number of hydrogen-bond donors (Lipinski definition) is 1. The van der Waals surface area contributed by atoms with Crippen molar-refractivity contribution in [1.82, 2.24) is 14.5 Å². The number of nitrogens with one attached hydrogen (secondary N) is 1. The first kappa shape index (κ1) is 16.9. The fourth-order valence-corrected chi connectivity index (χ4v) is 2.30. The molecule has 0 saturated carbocycles. The molecule has 25 heavy (non-hydrogen) atoms. The normalized spacial score (nSPS) is 11.7. The Morgan fingerprint density at radius 3 is 2.68 bits per heavy atom. The van der Waals surface area contributed by atoms with Gasteiger partial charge in [-0.25, -0.2) is 9.37 Å². The van der Waals surface area contributed by atoms with Gasteiger partial charge in [0.2, 0.25) is 5.95 Å². The summed E-state index contributed by atoms with van der Waals surface area (Å²) in [5.74, 6) is -0.733. The first-order valence-corrected chi connectivity index (χ1v) is 7.27. The van der Waals surface area contributed by atoms with Crippen molar-refractivity contribution in [3.05, 3.63) is 58.9 Å². The van der Waals surface area contributed by atoms with E-state index in [1.807, 2.05) is 0 Å². The molecule has 1 aromatic carbocycles. The van der Waals surface area contributed by atoms with Crippen molar-refractivity contribution in [2.45, 2.75) is 19.1 Å². The Balaban J connectivity index is 2.11. The summed E-state index contributed by atoms with van der Waals surface area (Å²) in [6.45, 7) is -0.635. The topological polar surface area (TPSA) is 59.8 Å². The van der Waals surface area contributed by atoms with Gasteiger partial charge in [0.15, 0.2) is 0 Å². The Morgan fingerprint density at radius 1 is 1.20 bits per heavy atom. The highest BCUT2D eigenvalue weighted by atomic mass is 19.4. The molecule has 3 aromatic rings. The Bertz CT molecular complexity index is 954. The predicted octanol–water partition coefficient (Wildman–Crippen LogP) is 3.63. The van der Waals surface area contributed by atoms with E-state index < -0.39 is 30.5 Å². The highest BCUT2D eigenvalue weighted by Gasteiger charge is 2.27. The molecule has 1 N–H and O–H groups in total. The van der Waals surface area contributed by atoms with Crippen LogP contribution >= 0.6 is 0 Å². The molecule has 0 fully saturated rings. The van der Waals surface area contributed by atoms with E-state index in [0.717, 1.165) is 16.7 Å². The lowest BCUT2D eigenvalue weighted by Gasteiger charge is -2.15. The molecule has 0 radical (unpaired) electrons. The van der Waals surface area contributed by atoms with Gasteiger partial charge in [-0.15, -0.1) is 0 Å². The summed E-state index contributed by atoms with van der Waals surface area (Å²) in [4.78, 5) is 20.6. The van der Waals surface area contributed by atoms with Gasteiger partial charge < -0.3 is 5.32 Å². The molecule has 0 aliphatic rings. The van der Waals surface area contributed by atoms with Gasteiger partial charge in [-0.2, -0.15) is 13.2 Å². The third-order valence-corrected chi connectivity index (χ3v) is 3.45. The zero-order valence-electron chi connectivity index (χ0n) is 12.7. The number of fused-ring (bicyclic) bond motifs is 1. The fourth-order valence-electron chi connectivity index (χ4n) is 2.30. The van der Waals surface area contributed by atoms with E-state index in [0.29, 0.717) is 5.69 Å². The quantitative estimate of drug-likeness (QED) is 0.729. The molecule has 0 saturated heterocycles. The molecule has 2 aromatic heterocycles. The Kier molecular flexibility index (Phi) is 4.39. The van der Waals surface area contributed by atoms with Crippen molar-refractivity contribution >= 4 is 22.5 Å². The van der Waals surface area contributed by atoms with Gasteiger partial charge >= 0.3 is 6.18 Å². The van der Waals surface area contributed by atoms with Crippen LogP contribution in [-0.4, -0.2) is 20.7 Å². The molecule has 2 heterocycles. The number of nitrogens with zero attached hydrogens (tertiary/aromatic N) is 3. The average Bonchev–Trinajstić information content (AvgIpc) is 2.55. The van der Waals surface area contributed by atoms with Crippen LogP contribution in [0.5, 0.6) is 0 Å². The Hall–Kier alpha value is -2.97. The first-order valence-electron chi connectivity index (χ1n) is 7.27. The Labute approximate surface area is 139 Å². The van der Waals surface area contributed by atoms with E-state index in [4.69, 9.17) is 0 Å². The maximum atomic E-state index is 13.4. The monoisotopic (exact) mass is 352 g/mol. The van der Waals surface area contributed by atoms with Crippen molar-refractivity contribution in [1.29, 1.82) is 0 Å². The van der Waals surface area contributed by atoms with Crippen molar-refractivity contribution in [3.8, 4) is 0 Å². The van der Waals surface area contributed by atoms with E-state index >= 15 is 0 Å². The minimum Gasteiger partial charge on any atom is -0.324 e. The lowest BCUT2D eigenvalue weighted by molar-refractivity contribution is -0.136. The number of hydrogen-bond acceptors (Lipinski definition) is 4. The lowest BCUT2D eigenvalue weighted by Crippen LogP contribution is -2.26. The molecule has 9 heteroatoms. The molecule has 5 nitrogen and oxygen atoms in total. The largest absolute Gasteiger partial charge is 0.390 e. The second kappa shape index (κ2) is 6.50. The van der Waals surface area contributed by atoms with Gasteiger partial charge in [-0.1, -0.05) is 0 Å². The second-order valence-electron chi connectivity index (χ2n) is 5.29. The fraction of sp³-hybridized carbons (Fsp3) is 0.188. The van der Waals surface area contributed by atoms with E-state index in [2.05, 4.69) is 15.3 Å². The number of aromatic nitrogens is 3. The smallest absolute Gasteiger partial charge is 0.324 e. The molecular weight excluding hydrogens is 340 g/mol. The van der Waals surface area contributed by atoms with Gasteiger partial charge in [0, 0.05) is 12.7 Å². The minimum atomic E-state index is -4.44. The van der Waals surface area contributed by atoms with Crippen LogP contribution in [0, 0.1) is 5.82 Å². The standard InChI is InChI=1S/C16H12F4N4O/c17-10-3-4-13-12(8-10)14(25)24(7-5-16(18,19)20)15(23-13)22-11-2-1-6-21-9-11/h1-4,6,8-9H,5,7H2,(H,22,23). The van der Waals surface area contributed by atoms with Crippen LogP contribution in [0.25, 0.3) is 10.9 Å². The van der Waals surface area contributed by atoms with Gasteiger partial charge in [-0.3, -0.25) is 14.3 Å². The van der Waals surface area contributed by atoms with E-state index in [-0.39, 0.29) is 16.9 Å². The lowest BCUT2D eigenvalue weighted by atomic mass is 10.2. The zero-order chi connectivity index (χ0) is 18.0. The van der Waals surface area contributed by atoms with Crippen molar-refractivity contribution in [3.63, 3.8) is 0 Å². The van der Waals surface area contributed by atoms with Crippen LogP contribution in [0.1, 0.15) is 6.42 Å². The number of alkyl halides is 3.